The Kier molecular flexibility index (Phi) is 9.65. The number of Topliss-reactive ketones (excluding diaryl/α,β-unsaturated/α-hetero) is 1. The van der Waals surface area contributed by atoms with E-state index in [0.717, 1.165) is 6.21 Å². The van der Waals surface area contributed by atoms with Gasteiger partial charge in [-0.25, -0.2) is 4.79 Å². The number of carbonyl (C=O) groups is 3. The third kappa shape index (κ3) is 8.28. The highest BCUT2D eigenvalue weighted by Crippen LogP contribution is 2.05. The van der Waals surface area contributed by atoms with Gasteiger partial charge in [0.05, 0.1) is 12.6 Å². The Labute approximate surface area is 130 Å². The van der Waals surface area contributed by atoms with E-state index in [1.807, 2.05) is 13.8 Å². The number of hydrogen-bond donors (Lipinski definition) is 2. The molecule has 0 rings (SSSR count). The zero-order valence-electron chi connectivity index (χ0n) is 13.2. The first-order valence-corrected chi connectivity index (χ1v) is 7.24. The monoisotopic (exact) mass is 312 g/mol. The van der Waals surface area contributed by atoms with Gasteiger partial charge in [0.15, 0.2) is 0 Å². The molecule has 2 atom stereocenters. The van der Waals surface area contributed by atoms with Crippen LogP contribution in [0, 0.1) is 5.92 Å². The number of ketones is 1. The molecule has 0 saturated heterocycles. The van der Waals surface area contributed by atoms with E-state index in [1.54, 1.807) is 6.92 Å². The fourth-order valence-corrected chi connectivity index (χ4v) is 1.80. The third-order valence-electron chi connectivity index (χ3n) is 2.83. The largest absolute Gasteiger partial charge is 0.464 e. The summed E-state index contributed by atoms with van der Waals surface area (Å²) in [7, 11) is 0. The Morgan fingerprint density at radius 2 is 2.00 bits per heavy atom. The van der Waals surface area contributed by atoms with Crippen LogP contribution in [0.4, 0.5) is 0 Å². The lowest BCUT2D eigenvalue weighted by molar-refractivity contribution is -0.147. The van der Waals surface area contributed by atoms with Gasteiger partial charge in [-0.1, -0.05) is 13.8 Å². The van der Waals surface area contributed by atoms with E-state index >= 15 is 0 Å². The van der Waals surface area contributed by atoms with Crippen molar-refractivity contribution in [3.63, 3.8) is 0 Å². The van der Waals surface area contributed by atoms with E-state index < -0.39 is 29.7 Å². The van der Waals surface area contributed by atoms with Crippen molar-refractivity contribution in [2.75, 3.05) is 6.61 Å². The number of carbonyl (C=O) groups excluding carboxylic acids is 3. The lowest BCUT2D eigenvalue weighted by Gasteiger charge is -2.20. The van der Waals surface area contributed by atoms with Crippen molar-refractivity contribution < 1.29 is 23.9 Å². The summed E-state index contributed by atoms with van der Waals surface area (Å²) < 4.78 is 4.87. The number of ether oxygens (including phenoxy) is 1. The van der Waals surface area contributed by atoms with Gasteiger partial charge in [-0.15, -0.1) is 0 Å². The van der Waals surface area contributed by atoms with E-state index in [4.69, 9.17) is 16.0 Å². The van der Waals surface area contributed by atoms with Crippen LogP contribution in [0.2, 0.25) is 0 Å². The van der Waals surface area contributed by atoms with Gasteiger partial charge in [0, 0.05) is 6.42 Å². The Morgan fingerprint density at radius 3 is 2.50 bits per heavy atom. The Morgan fingerprint density at radius 1 is 1.36 bits per heavy atom. The summed E-state index contributed by atoms with van der Waals surface area (Å²) in [5, 5.41) is 2.51. The predicted octanol–water partition coefficient (Wildman–Crippen LogP) is 0.0576. The molecule has 0 saturated carbocycles. The summed E-state index contributed by atoms with van der Waals surface area (Å²) in [6.45, 7) is 5.67. The zero-order valence-corrected chi connectivity index (χ0v) is 13.2. The standard InChI is InChI=1S/C14H24N4O4/c1-4-22-14(21)12(6-5-10(19)8-17-16)18-13(20)11(15)7-9(2)3/h8-9,11-12H,4-7,15H2,1-3H3,(H,18,20)/t11-,12-/m1/s1. The van der Waals surface area contributed by atoms with E-state index in [0.29, 0.717) is 6.42 Å². The summed E-state index contributed by atoms with van der Waals surface area (Å²) in [6, 6.07) is -1.69. The minimum Gasteiger partial charge on any atom is -0.464 e. The molecular weight excluding hydrogens is 288 g/mol. The molecular formula is C14H24N4O4. The Bertz CT molecular complexity index is 444. The molecule has 8 nitrogen and oxygen atoms in total. The van der Waals surface area contributed by atoms with Gasteiger partial charge in [-0.2, -0.15) is 4.79 Å². The lowest BCUT2D eigenvalue weighted by atomic mass is 10.0. The molecule has 3 N–H and O–H groups in total. The van der Waals surface area contributed by atoms with Crippen LogP contribution in [0.5, 0.6) is 0 Å². The number of rotatable bonds is 10. The molecule has 0 fully saturated rings. The van der Waals surface area contributed by atoms with Gasteiger partial charge < -0.3 is 21.3 Å². The molecule has 0 heterocycles. The normalized spacial score (nSPS) is 13.0. The second-order valence-electron chi connectivity index (χ2n) is 5.30. The molecule has 0 bridgehead atoms. The van der Waals surface area contributed by atoms with E-state index in [2.05, 4.69) is 10.1 Å². The maximum Gasteiger partial charge on any atom is 0.328 e. The molecule has 0 aliphatic heterocycles. The van der Waals surface area contributed by atoms with Gasteiger partial charge >= 0.3 is 12.2 Å². The quantitative estimate of drug-likeness (QED) is 0.254. The molecule has 0 unspecified atom stereocenters. The Balaban J connectivity index is 4.71. The highest BCUT2D eigenvalue weighted by atomic mass is 16.5. The van der Waals surface area contributed by atoms with Crippen molar-refractivity contribution in [3.05, 3.63) is 5.53 Å². The average molecular weight is 312 g/mol. The second kappa shape index (κ2) is 10.6. The van der Waals surface area contributed by atoms with Crippen molar-refractivity contribution >= 4 is 23.9 Å². The first-order chi connectivity index (χ1) is 10.3. The van der Waals surface area contributed by atoms with Gasteiger partial charge in [0.1, 0.15) is 6.04 Å². The van der Waals surface area contributed by atoms with Crippen LogP contribution < -0.4 is 11.1 Å². The molecule has 1 amide bonds. The first-order valence-electron chi connectivity index (χ1n) is 7.24. The molecule has 22 heavy (non-hydrogen) atoms. The molecule has 124 valence electrons. The smallest absolute Gasteiger partial charge is 0.328 e. The van der Waals surface area contributed by atoms with E-state index in [-0.39, 0.29) is 25.4 Å². The second-order valence-corrected chi connectivity index (χ2v) is 5.30. The van der Waals surface area contributed by atoms with Crippen LogP contribution in [0.3, 0.4) is 0 Å². The minimum absolute atomic E-state index is 0.0455. The van der Waals surface area contributed by atoms with Crippen LogP contribution in [-0.4, -0.2) is 47.4 Å². The zero-order chi connectivity index (χ0) is 17.1. The summed E-state index contributed by atoms with van der Waals surface area (Å²) in [5.41, 5.74) is 14.0. The number of hydrogen-bond acceptors (Lipinski definition) is 5. The summed E-state index contributed by atoms with van der Waals surface area (Å²) in [4.78, 5) is 37.7. The molecule has 0 spiro atoms. The van der Waals surface area contributed by atoms with Crippen molar-refractivity contribution in [3.8, 4) is 0 Å². The number of amides is 1. The number of nitrogens with zero attached hydrogens (tertiary/aromatic N) is 2. The van der Waals surface area contributed by atoms with Gasteiger partial charge in [0.25, 0.3) is 0 Å². The summed E-state index contributed by atoms with van der Waals surface area (Å²) in [6.07, 6.45) is 1.21. The average Bonchev–Trinajstić information content (AvgIpc) is 2.42. The number of nitrogens with one attached hydrogen (secondary N) is 1. The van der Waals surface area contributed by atoms with E-state index in [1.165, 1.54) is 0 Å². The first kappa shape index (κ1) is 19.9. The van der Waals surface area contributed by atoms with Crippen molar-refractivity contribution in [1.29, 1.82) is 0 Å². The predicted molar refractivity (Wildman–Crippen MR) is 79.9 cm³/mol. The molecule has 8 heteroatoms. The van der Waals surface area contributed by atoms with Crippen molar-refractivity contribution in [2.45, 2.75) is 52.1 Å². The minimum atomic E-state index is -0.957. The van der Waals surface area contributed by atoms with Gasteiger partial charge in [-0.05, 0) is 25.7 Å². The van der Waals surface area contributed by atoms with Gasteiger partial charge in [-0.3, -0.25) is 9.59 Å². The highest BCUT2D eigenvalue weighted by molar-refractivity contribution is 6.25. The van der Waals surface area contributed by atoms with Crippen molar-refractivity contribution in [2.24, 2.45) is 11.7 Å². The summed E-state index contributed by atoms with van der Waals surface area (Å²) >= 11 is 0. The van der Waals surface area contributed by atoms with Crippen LogP contribution in [-0.2, 0) is 19.1 Å². The topological polar surface area (TPSA) is 135 Å². The third-order valence-corrected chi connectivity index (χ3v) is 2.83. The maximum absolute atomic E-state index is 12.0. The van der Waals surface area contributed by atoms with Crippen LogP contribution >= 0.6 is 0 Å². The number of nitrogens with two attached hydrogens (primary N) is 1. The Hall–Kier alpha value is -2.05. The van der Waals surface area contributed by atoms with Crippen LogP contribution in [0.15, 0.2) is 0 Å². The van der Waals surface area contributed by atoms with Crippen LogP contribution in [0.1, 0.15) is 40.0 Å². The number of esters is 1. The van der Waals surface area contributed by atoms with Gasteiger partial charge in [0.2, 0.25) is 11.7 Å². The van der Waals surface area contributed by atoms with Crippen molar-refractivity contribution in [1.82, 2.24) is 5.32 Å². The molecule has 0 aliphatic carbocycles. The fraction of sp³-hybridized carbons (Fsp3) is 0.714. The van der Waals surface area contributed by atoms with Crippen LogP contribution in [0.25, 0.3) is 5.53 Å². The highest BCUT2D eigenvalue weighted by Gasteiger charge is 2.25. The SMILES string of the molecule is CCOC(=O)[C@@H](CCC(=O)C=[N+]=[N-])NC(=O)[C@H](N)CC(C)C. The molecule has 0 aliphatic rings. The molecule has 0 aromatic rings. The molecule has 0 radical (unpaired) electrons. The molecule has 0 aromatic carbocycles. The lowest BCUT2D eigenvalue weighted by Crippen LogP contribution is -2.49. The molecule has 0 aromatic heterocycles. The summed E-state index contributed by atoms with van der Waals surface area (Å²) in [5.74, 6) is -1.31. The van der Waals surface area contributed by atoms with E-state index in [9.17, 15) is 14.4 Å². The fourth-order valence-electron chi connectivity index (χ4n) is 1.80. The maximum atomic E-state index is 12.0.